The van der Waals surface area contributed by atoms with Crippen molar-refractivity contribution < 1.29 is 32.5 Å². The average molecular weight is 450 g/mol. The summed E-state index contributed by atoms with van der Waals surface area (Å²) in [5, 5.41) is 21.7. The van der Waals surface area contributed by atoms with Gasteiger partial charge in [-0.25, -0.2) is 9.48 Å². The number of tetrazole rings is 1. The van der Waals surface area contributed by atoms with E-state index in [2.05, 4.69) is 20.8 Å². The lowest BCUT2D eigenvalue weighted by Crippen LogP contribution is -2.57. The van der Waals surface area contributed by atoms with Gasteiger partial charge in [0.05, 0.1) is 11.8 Å². The molecule has 28 heavy (non-hydrogen) atoms. The Labute approximate surface area is 166 Å². The molecule has 0 radical (unpaired) electrons. The summed E-state index contributed by atoms with van der Waals surface area (Å²) in [6.45, 7) is 1.29. The standard InChI is InChI=1S/C12H14N6O7S3/c1-5(19)13-10-6(9(11(21)22)18-7(20)2-8(18)27-10)3-26-12-14-15-16-17(12)4-28(23,24)25/h8,10H,2-4H2,1H3,(H,13,19)(H,21,22)(H,23,24,25)/t8-,10?/m1/s1. The molecule has 0 aliphatic carbocycles. The van der Waals surface area contributed by atoms with Crippen LogP contribution in [0.25, 0.3) is 0 Å². The lowest BCUT2D eigenvalue weighted by molar-refractivity contribution is -0.146. The highest BCUT2D eigenvalue weighted by atomic mass is 32.2. The Balaban J connectivity index is 1.90. The van der Waals surface area contributed by atoms with Gasteiger partial charge in [0, 0.05) is 18.2 Å². The maximum absolute atomic E-state index is 11.9. The minimum absolute atomic E-state index is 0.0125. The summed E-state index contributed by atoms with van der Waals surface area (Å²) in [4.78, 5) is 36.4. The van der Waals surface area contributed by atoms with Gasteiger partial charge in [0.25, 0.3) is 10.1 Å². The minimum Gasteiger partial charge on any atom is -0.477 e. The quantitative estimate of drug-likeness (QED) is 0.254. The number of carboxylic acids is 1. The molecular weight excluding hydrogens is 436 g/mol. The zero-order chi connectivity index (χ0) is 20.6. The van der Waals surface area contributed by atoms with Crippen molar-refractivity contribution in [3.05, 3.63) is 11.3 Å². The summed E-state index contributed by atoms with van der Waals surface area (Å²) in [6.07, 6.45) is 0.171. The largest absolute Gasteiger partial charge is 0.477 e. The number of carboxylic acid groups (broad SMARTS) is 1. The number of aromatic nitrogens is 4. The topological polar surface area (TPSA) is 185 Å². The van der Waals surface area contributed by atoms with Gasteiger partial charge >= 0.3 is 5.97 Å². The van der Waals surface area contributed by atoms with Gasteiger partial charge in [-0.05, 0) is 10.4 Å². The molecule has 3 rings (SSSR count). The van der Waals surface area contributed by atoms with E-state index >= 15 is 0 Å². The van der Waals surface area contributed by atoms with E-state index in [1.54, 1.807) is 0 Å². The van der Waals surface area contributed by atoms with Crippen LogP contribution < -0.4 is 5.32 Å². The van der Waals surface area contributed by atoms with Crippen LogP contribution in [0.3, 0.4) is 0 Å². The average Bonchev–Trinajstić information content (AvgIpc) is 2.97. The third-order valence-corrected chi connectivity index (χ3v) is 6.68. The molecule has 0 spiro atoms. The third kappa shape index (κ3) is 4.29. The number of hydrogen-bond donors (Lipinski definition) is 3. The summed E-state index contributed by atoms with van der Waals surface area (Å²) < 4.78 is 31.9. The molecule has 1 aromatic rings. The molecule has 152 valence electrons. The molecule has 1 saturated heterocycles. The zero-order valence-corrected chi connectivity index (χ0v) is 16.6. The second-order valence-electron chi connectivity index (χ2n) is 5.78. The van der Waals surface area contributed by atoms with Crippen LogP contribution in [-0.4, -0.2) is 77.5 Å². The number of thioether (sulfide) groups is 2. The van der Waals surface area contributed by atoms with Crippen molar-refractivity contribution in [2.45, 2.75) is 35.1 Å². The zero-order valence-electron chi connectivity index (χ0n) is 14.2. The van der Waals surface area contributed by atoms with Gasteiger partial charge in [0.2, 0.25) is 17.0 Å². The van der Waals surface area contributed by atoms with Crippen LogP contribution in [0.4, 0.5) is 0 Å². The van der Waals surface area contributed by atoms with Crippen molar-refractivity contribution >= 4 is 51.4 Å². The van der Waals surface area contributed by atoms with E-state index in [0.717, 1.165) is 16.4 Å². The number of carbonyl (C=O) groups is 3. The fourth-order valence-corrected chi connectivity index (χ4v) is 5.74. The molecule has 0 bridgehead atoms. The first kappa shape index (κ1) is 20.6. The first-order valence-electron chi connectivity index (χ1n) is 7.62. The number of carbonyl (C=O) groups excluding carboxylic acids is 2. The van der Waals surface area contributed by atoms with Gasteiger partial charge < -0.3 is 10.4 Å². The van der Waals surface area contributed by atoms with Crippen LogP contribution in [0.2, 0.25) is 0 Å². The maximum atomic E-state index is 11.9. The predicted octanol–water partition coefficient (Wildman–Crippen LogP) is -1.28. The number of nitrogens with one attached hydrogen (secondary N) is 1. The summed E-state index contributed by atoms with van der Waals surface area (Å²) in [5.74, 6) is -2.94. The van der Waals surface area contributed by atoms with E-state index in [4.69, 9.17) is 4.55 Å². The molecule has 1 unspecified atom stereocenters. The first-order valence-corrected chi connectivity index (χ1v) is 11.2. The Hall–Kier alpha value is -2.17. The van der Waals surface area contributed by atoms with Crippen molar-refractivity contribution in [3.8, 4) is 0 Å². The fourth-order valence-electron chi connectivity index (χ4n) is 2.65. The highest BCUT2D eigenvalue weighted by Crippen LogP contribution is 2.44. The van der Waals surface area contributed by atoms with Crippen molar-refractivity contribution in [2.24, 2.45) is 0 Å². The van der Waals surface area contributed by atoms with Crippen molar-refractivity contribution in [3.63, 3.8) is 0 Å². The lowest BCUT2D eigenvalue weighted by atomic mass is 10.1. The van der Waals surface area contributed by atoms with Crippen molar-refractivity contribution in [1.29, 1.82) is 0 Å². The van der Waals surface area contributed by atoms with E-state index in [1.165, 1.54) is 23.6 Å². The summed E-state index contributed by atoms with van der Waals surface area (Å²) in [5.41, 5.74) is 0.0310. The molecule has 1 aromatic heterocycles. The predicted molar refractivity (Wildman–Crippen MR) is 95.2 cm³/mol. The molecule has 16 heteroatoms. The number of rotatable bonds is 7. The number of nitrogens with zero attached hydrogens (tertiary/aromatic N) is 5. The van der Waals surface area contributed by atoms with E-state index in [0.29, 0.717) is 0 Å². The molecule has 0 aromatic carbocycles. The molecule has 13 nitrogen and oxygen atoms in total. The Morgan fingerprint density at radius 3 is 2.71 bits per heavy atom. The summed E-state index contributed by atoms with van der Waals surface area (Å²) in [6, 6.07) is 0. The molecule has 2 aliphatic rings. The van der Waals surface area contributed by atoms with Crippen LogP contribution in [0.5, 0.6) is 0 Å². The van der Waals surface area contributed by atoms with Gasteiger partial charge in [-0.3, -0.25) is 19.0 Å². The summed E-state index contributed by atoms with van der Waals surface area (Å²) >= 11 is 2.15. The van der Waals surface area contributed by atoms with Crippen molar-refractivity contribution in [2.75, 3.05) is 5.75 Å². The SMILES string of the molecule is CC(=O)NC1S[C@@H]2CC(=O)N2C(C(=O)O)=C1CSc1nnnn1CS(=O)(=O)O. The highest BCUT2D eigenvalue weighted by Gasteiger charge is 2.48. The van der Waals surface area contributed by atoms with E-state index in [-0.39, 0.29) is 45.8 Å². The molecule has 1 fully saturated rings. The van der Waals surface area contributed by atoms with Gasteiger partial charge in [-0.1, -0.05) is 11.8 Å². The van der Waals surface area contributed by atoms with Gasteiger partial charge in [-0.15, -0.1) is 16.9 Å². The van der Waals surface area contributed by atoms with E-state index in [9.17, 15) is 27.9 Å². The van der Waals surface area contributed by atoms with E-state index in [1.807, 2.05) is 0 Å². The van der Waals surface area contributed by atoms with Gasteiger partial charge in [0.1, 0.15) is 11.1 Å². The first-order chi connectivity index (χ1) is 13.1. The number of hydrogen-bond acceptors (Lipinski definition) is 10. The molecule has 0 saturated carbocycles. The Bertz CT molecular complexity index is 974. The smallest absolute Gasteiger partial charge is 0.352 e. The maximum Gasteiger partial charge on any atom is 0.352 e. The van der Waals surface area contributed by atoms with Crippen molar-refractivity contribution in [1.82, 2.24) is 30.4 Å². The molecule has 3 heterocycles. The number of aliphatic carboxylic acids is 1. The second kappa shape index (κ2) is 7.69. The molecule has 2 amide bonds. The number of amides is 2. The Morgan fingerprint density at radius 2 is 2.14 bits per heavy atom. The summed E-state index contributed by atoms with van der Waals surface area (Å²) in [7, 11) is -4.39. The Morgan fingerprint density at radius 1 is 1.43 bits per heavy atom. The van der Waals surface area contributed by atoms with Crippen LogP contribution in [0.1, 0.15) is 13.3 Å². The Kier molecular flexibility index (Phi) is 5.64. The van der Waals surface area contributed by atoms with Crippen LogP contribution >= 0.6 is 23.5 Å². The molecule has 2 atom stereocenters. The number of fused-ring (bicyclic) bond motifs is 1. The fraction of sp³-hybridized carbons (Fsp3) is 0.500. The molecular formula is C12H14N6O7S3. The lowest BCUT2D eigenvalue weighted by Gasteiger charge is -2.46. The van der Waals surface area contributed by atoms with Crippen LogP contribution in [0.15, 0.2) is 16.4 Å². The third-order valence-electron chi connectivity index (χ3n) is 3.74. The van der Waals surface area contributed by atoms with Crippen LogP contribution in [-0.2, 0) is 30.4 Å². The van der Waals surface area contributed by atoms with Gasteiger partial charge in [0.15, 0.2) is 5.88 Å². The minimum atomic E-state index is -4.39. The molecule has 3 N–H and O–H groups in total. The number of β-lactam (4-membered cyclic amide) rings is 1. The monoisotopic (exact) mass is 450 g/mol. The van der Waals surface area contributed by atoms with Gasteiger partial charge in [-0.2, -0.15) is 8.42 Å². The highest BCUT2D eigenvalue weighted by molar-refractivity contribution is 8.01. The second-order valence-corrected chi connectivity index (χ2v) is 9.43. The molecule has 2 aliphatic heterocycles. The van der Waals surface area contributed by atoms with E-state index < -0.39 is 27.3 Å². The van der Waals surface area contributed by atoms with Crippen LogP contribution in [0, 0.1) is 0 Å². The normalized spacial score (nSPS) is 21.9.